The van der Waals surface area contributed by atoms with Crippen LogP contribution in [0.1, 0.15) is 38.3 Å². The highest BCUT2D eigenvalue weighted by Crippen LogP contribution is 2.23. The highest BCUT2D eigenvalue weighted by Gasteiger charge is 2.09. The molecule has 0 saturated carbocycles. The number of hydrogen-bond donors (Lipinski definition) is 1. The van der Waals surface area contributed by atoms with Crippen molar-refractivity contribution in [1.29, 1.82) is 0 Å². The molecule has 2 nitrogen and oxygen atoms in total. The van der Waals surface area contributed by atoms with E-state index in [0.29, 0.717) is 6.04 Å². The topological polar surface area (TPSA) is 21.3 Å². The quantitative estimate of drug-likeness (QED) is 0.725. The van der Waals surface area contributed by atoms with Crippen LogP contribution >= 0.6 is 0 Å². The van der Waals surface area contributed by atoms with E-state index in [-0.39, 0.29) is 0 Å². The maximum atomic E-state index is 5.65. The van der Waals surface area contributed by atoms with Crippen LogP contribution in [0.4, 0.5) is 0 Å². The molecule has 1 N–H and O–H groups in total. The van der Waals surface area contributed by atoms with Gasteiger partial charge in [0, 0.05) is 6.04 Å². The molecule has 94 valence electrons. The Morgan fingerprint density at radius 2 is 2.24 bits per heavy atom. The highest BCUT2D eigenvalue weighted by molar-refractivity contribution is 5.31. The maximum Gasteiger partial charge on any atom is 0.119 e. The molecule has 0 aliphatic carbocycles. The first-order chi connectivity index (χ1) is 8.17. The fourth-order valence-electron chi connectivity index (χ4n) is 1.78. The van der Waals surface area contributed by atoms with Crippen molar-refractivity contribution in [1.82, 2.24) is 5.32 Å². The molecule has 0 amide bonds. The van der Waals surface area contributed by atoms with Crippen molar-refractivity contribution in [3.8, 4) is 5.75 Å². The van der Waals surface area contributed by atoms with Crippen molar-refractivity contribution in [3.63, 3.8) is 0 Å². The monoisotopic (exact) mass is 233 g/mol. The summed E-state index contributed by atoms with van der Waals surface area (Å²) in [6, 6.07) is 8.61. The minimum Gasteiger partial charge on any atom is -0.494 e. The Bertz CT molecular complexity index is 360. The molecule has 0 radical (unpaired) electrons. The summed E-state index contributed by atoms with van der Waals surface area (Å²) in [5.74, 6) is 0.950. The summed E-state index contributed by atoms with van der Waals surface area (Å²) >= 11 is 0. The zero-order valence-electron chi connectivity index (χ0n) is 11.1. The second-order valence-corrected chi connectivity index (χ2v) is 4.42. The second kappa shape index (κ2) is 7.13. The molecule has 1 atom stereocenters. The molecule has 0 aliphatic heterocycles. The van der Waals surface area contributed by atoms with Crippen molar-refractivity contribution < 1.29 is 4.74 Å². The lowest BCUT2D eigenvalue weighted by atomic mass is 10.0. The first-order valence-electron chi connectivity index (χ1n) is 6.21. The Hall–Kier alpha value is -1.28. The zero-order valence-corrected chi connectivity index (χ0v) is 11.1. The van der Waals surface area contributed by atoms with Gasteiger partial charge in [-0.15, -0.1) is 6.58 Å². The average molecular weight is 233 g/mol. The fraction of sp³-hybridized carbons (Fsp3) is 0.467. The van der Waals surface area contributed by atoms with Crippen LogP contribution in [0.2, 0.25) is 0 Å². The normalized spacial score (nSPS) is 12.2. The van der Waals surface area contributed by atoms with E-state index in [1.54, 1.807) is 0 Å². The van der Waals surface area contributed by atoms with Gasteiger partial charge >= 0.3 is 0 Å². The minimum atomic E-state index is 0.317. The lowest BCUT2D eigenvalue weighted by Crippen LogP contribution is -2.16. The van der Waals surface area contributed by atoms with Crippen molar-refractivity contribution in [3.05, 3.63) is 42.0 Å². The smallest absolute Gasteiger partial charge is 0.119 e. The van der Waals surface area contributed by atoms with Gasteiger partial charge in [-0.3, -0.25) is 0 Å². The number of ether oxygens (including phenoxy) is 1. The van der Waals surface area contributed by atoms with Crippen molar-refractivity contribution in [2.75, 3.05) is 13.7 Å². The first-order valence-corrected chi connectivity index (χ1v) is 6.21. The van der Waals surface area contributed by atoms with Crippen LogP contribution in [0.3, 0.4) is 0 Å². The molecule has 0 aromatic heterocycles. The Labute approximate surface area is 105 Å². The van der Waals surface area contributed by atoms with Gasteiger partial charge in [-0.25, -0.2) is 0 Å². The van der Waals surface area contributed by atoms with Crippen LogP contribution in [0.25, 0.3) is 0 Å². The summed E-state index contributed by atoms with van der Waals surface area (Å²) in [7, 11) is 1.98. The molecule has 0 heterocycles. The van der Waals surface area contributed by atoms with Crippen molar-refractivity contribution in [2.24, 2.45) is 0 Å². The van der Waals surface area contributed by atoms with Crippen molar-refractivity contribution in [2.45, 2.75) is 32.7 Å². The predicted molar refractivity (Wildman–Crippen MR) is 73.5 cm³/mol. The first kappa shape index (κ1) is 13.8. The molecule has 0 bridgehead atoms. The Kier molecular flexibility index (Phi) is 5.78. The number of rotatable bonds is 7. The van der Waals surface area contributed by atoms with Crippen LogP contribution in [0, 0.1) is 0 Å². The molecular formula is C15H23NO. The van der Waals surface area contributed by atoms with Crippen LogP contribution in [0.5, 0.6) is 5.75 Å². The van der Waals surface area contributed by atoms with Gasteiger partial charge in [0.25, 0.3) is 0 Å². The van der Waals surface area contributed by atoms with Crippen LogP contribution in [-0.2, 0) is 0 Å². The summed E-state index contributed by atoms with van der Waals surface area (Å²) in [6.07, 6.45) is 1.99. The minimum absolute atomic E-state index is 0.317. The number of benzene rings is 1. The number of hydrogen-bond acceptors (Lipinski definition) is 2. The summed E-state index contributed by atoms with van der Waals surface area (Å²) in [5, 5.41) is 3.32. The number of nitrogens with one attached hydrogen (secondary N) is 1. The van der Waals surface area contributed by atoms with Gasteiger partial charge in [0.2, 0.25) is 0 Å². The van der Waals surface area contributed by atoms with E-state index >= 15 is 0 Å². The van der Waals surface area contributed by atoms with E-state index in [4.69, 9.17) is 4.74 Å². The molecule has 2 heteroatoms. The lowest BCUT2D eigenvalue weighted by Gasteiger charge is -2.17. The van der Waals surface area contributed by atoms with E-state index in [2.05, 4.69) is 37.9 Å². The molecule has 17 heavy (non-hydrogen) atoms. The molecule has 0 saturated heterocycles. The SMILES string of the molecule is C=C(C)CC(NC)c1cccc(OCCC)c1. The Morgan fingerprint density at radius 1 is 1.47 bits per heavy atom. The van der Waals surface area contributed by atoms with E-state index < -0.39 is 0 Å². The lowest BCUT2D eigenvalue weighted by molar-refractivity contribution is 0.317. The second-order valence-electron chi connectivity index (χ2n) is 4.42. The van der Waals surface area contributed by atoms with Crippen LogP contribution in [-0.4, -0.2) is 13.7 Å². The van der Waals surface area contributed by atoms with Gasteiger partial charge in [0.15, 0.2) is 0 Å². The molecule has 1 aromatic carbocycles. The predicted octanol–water partition coefficient (Wildman–Crippen LogP) is 3.70. The summed E-state index contributed by atoms with van der Waals surface area (Å²) in [4.78, 5) is 0. The van der Waals surface area contributed by atoms with E-state index in [9.17, 15) is 0 Å². The van der Waals surface area contributed by atoms with Gasteiger partial charge in [-0.05, 0) is 44.5 Å². The molecule has 1 rings (SSSR count). The van der Waals surface area contributed by atoms with E-state index in [1.165, 1.54) is 11.1 Å². The maximum absolute atomic E-state index is 5.65. The van der Waals surface area contributed by atoms with Gasteiger partial charge in [-0.1, -0.05) is 24.6 Å². The van der Waals surface area contributed by atoms with E-state index in [0.717, 1.165) is 25.2 Å². The van der Waals surface area contributed by atoms with Gasteiger partial charge in [0.1, 0.15) is 5.75 Å². The average Bonchev–Trinajstić information content (AvgIpc) is 2.33. The molecule has 1 aromatic rings. The third-order valence-corrected chi connectivity index (χ3v) is 2.63. The van der Waals surface area contributed by atoms with Gasteiger partial charge in [-0.2, -0.15) is 0 Å². The molecule has 1 unspecified atom stereocenters. The largest absolute Gasteiger partial charge is 0.494 e. The third kappa shape index (κ3) is 4.61. The van der Waals surface area contributed by atoms with E-state index in [1.807, 2.05) is 19.2 Å². The summed E-state index contributed by atoms with van der Waals surface area (Å²) in [5.41, 5.74) is 2.44. The fourth-order valence-corrected chi connectivity index (χ4v) is 1.78. The molecule has 0 fully saturated rings. The molecule has 0 aliphatic rings. The standard InChI is InChI=1S/C15H23NO/c1-5-9-17-14-8-6-7-13(11-14)15(16-4)10-12(2)3/h6-8,11,15-16H,2,5,9-10H2,1,3-4H3. The highest BCUT2D eigenvalue weighted by atomic mass is 16.5. The molecule has 0 spiro atoms. The summed E-state index contributed by atoms with van der Waals surface area (Å²) < 4.78 is 5.65. The Morgan fingerprint density at radius 3 is 2.82 bits per heavy atom. The zero-order chi connectivity index (χ0) is 12.7. The van der Waals surface area contributed by atoms with Gasteiger partial charge < -0.3 is 10.1 Å². The molecular weight excluding hydrogens is 210 g/mol. The Balaban J connectivity index is 2.77. The third-order valence-electron chi connectivity index (χ3n) is 2.63. The van der Waals surface area contributed by atoms with Crippen molar-refractivity contribution >= 4 is 0 Å². The van der Waals surface area contributed by atoms with Crippen LogP contribution < -0.4 is 10.1 Å². The summed E-state index contributed by atoms with van der Waals surface area (Å²) in [6.45, 7) is 8.91. The van der Waals surface area contributed by atoms with Gasteiger partial charge in [0.05, 0.1) is 6.61 Å². The van der Waals surface area contributed by atoms with Crippen LogP contribution in [0.15, 0.2) is 36.4 Å².